The summed E-state index contributed by atoms with van der Waals surface area (Å²) in [5.74, 6) is -3.46. The molecule has 0 bridgehead atoms. The number of methoxy groups -OCH3 is 1. The van der Waals surface area contributed by atoms with Crippen molar-refractivity contribution in [3.8, 4) is 0 Å². The number of hydrogen-bond donors (Lipinski definition) is 0. The van der Waals surface area contributed by atoms with Crippen LogP contribution in [0, 0.1) is 11.6 Å². The summed E-state index contributed by atoms with van der Waals surface area (Å²) in [5, 5.41) is 0. The van der Waals surface area contributed by atoms with Gasteiger partial charge in [-0.3, -0.25) is 0 Å². The summed E-state index contributed by atoms with van der Waals surface area (Å²) in [6.07, 6.45) is 0. The zero-order chi connectivity index (χ0) is 16.1. The van der Waals surface area contributed by atoms with Crippen molar-refractivity contribution in [3.63, 3.8) is 0 Å². The Bertz CT molecular complexity index is 713. The minimum Gasteiger partial charge on any atom is -0.465 e. The van der Waals surface area contributed by atoms with Crippen molar-refractivity contribution in [1.29, 1.82) is 0 Å². The van der Waals surface area contributed by atoms with Crippen LogP contribution in [0.3, 0.4) is 0 Å². The molecule has 2 aromatic rings. The molecular weight excluding hydrogens is 294 g/mol. The highest BCUT2D eigenvalue weighted by Gasteiger charge is 2.12. The lowest BCUT2D eigenvalue weighted by Gasteiger charge is -2.06. The molecule has 0 saturated carbocycles. The van der Waals surface area contributed by atoms with Gasteiger partial charge in [0, 0.05) is 0 Å². The number of hydrogen-bond acceptors (Lipinski definition) is 4. The van der Waals surface area contributed by atoms with E-state index in [4.69, 9.17) is 4.74 Å². The molecule has 0 unspecified atom stereocenters. The Kier molecular flexibility index (Phi) is 4.83. The highest BCUT2D eigenvalue weighted by atomic mass is 19.2. The molecular formula is C16H12F2O4. The van der Waals surface area contributed by atoms with Crippen LogP contribution in [0.4, 0.5) is 8.78 Å². The zero-order valence-electron chi connectivity index (χ0n) is 11.6. The number of rotatable bonds is 4. The van der Waals surface area contributed by atoms with Crippen LogP contribution in [0.1, 0.15) is 26.3 Å². The average Bonchev–Trinajstić information content (AvgIpc) is 2.54. The molecule has 114 valence electrons. The summed E-state index contributed by atoms with van der Waals surface area (Å²) in [5.41, 5.74) is 0.797. The summed E-state index contributed by atoms with van der Waals surface area (Å²) < 4.78 is 35.4. The lowest BCUT2D eigenvalue weighted by atomic mass is 10.1. The van der Waals surface area contributed by atoms with Crippen molar-refractivity contribution in [1.82, 2.24) is 0 Å². The first kappa shape index (κ1) is 15.6. The summed E-state index contributed by atoms with van der Waals surface area (Å²) in [6.45, 7) is -0.108. The zero-order valence-corrected chi connectivity index (χ0v) is 11.6. The molecule has 2 rings (SSSR count). The molecule has 0 amide bonds. The van der Waals surface area contributed by atoms with Crippen molar-refractivity contribution in [3.05, 3.63) is 70.8 Å². The van der Waals surface area contributed by atoms with Gasteiger partial charge in [-0.25, -0.2) is 18.4 Å². The van der Waals surface area contributed by atoms with E-state index < -0.39 is 23.6 Å². The molecule has 0 spiro atoms. The standard InChI is InChI=1S/C16H12F2O4/c1-21-15(19)11-4-2-3-10(7-11)9-22-16(20)12-5-6-13(17)14(18)8-12/h2-8H,9H2,1H3. The minimum absolute atomic E-state index is 0.0944. The average molecular weight is 306 g/mol. The quantitative estimate of drug-likeness (QED) is 0.814. The maximum atomic E-state index is 13.0. The Labute approximate surface area is 125 Å². The van der Waals surface area contributed by atoms with Gasteiger partial charge >= 0.3 is 11.9 Å². The SMILES string of the molecule is COC(=O)c1cccc(COC(=O)c2ccc(F)c(F)c2)c1. The Hall–Kier alpha value is -2.76. The van der Waals surface area contributed by atoms with Crippen molar-refractivity contribution in [2.75, 3.05) is 7.11 Å². The number of benzene rings is 2. The Morgan fingerprint density at radius 3 is 2.36 bits per heavy atom. The highest BCUT2D eigenvalue weighted by Crippen LogP contribution is 2.12. The molecule has 0 heterocycles. The second-order valence-electron chi connectivity index (χ2n) is 4.40. The molecule has 0 aliphatic carbocycles. The molecule has 0 aromatic heterocycles. The summed E-state index contributed by atoms with van der Waals surface area (Å²) in [7, 11) is 1.26. The third kappa shape index (κ3) is 3.66. The van der Waals surface area contributed by atoms with E-state index in [0.29, 0.717) is 11.1 Å². The van der Waals surface area contributed by atoms with Crippen LogP contribution >= 0.6 is 0 Å². The van der Waals surface area contributed by atoms with Gasteiger partial charge in [0.25, 0.3) is 0 Å². The number of carbonyl (C=O) groups excluding carboxylic acids is 2. The van der Waals surface area contributed by atoms with E-state index in [0.717, 1.165) is 18.2 Å². The van der Waals surface area contributed by atoms with Crippen LogP contribution in [0.15, 0.2) is 42.5 Å². The molecule has 22 heavy (non-hydrogen) atoms. The molecule has 0 aliphatic heterocycles. The molecule has 0 N–H and O–H groups in total. The van der Waals surface area contributed by atoms with E-state index >= 15 is 0 Å². The Morgan fingerprint density at radius 2 is 1.68 bits per heavy atom. The predicted molar refractivity (Wildman–Crippen MR) is 73.3 cm³/mol. The lowest BCUT2D eigenvalue weighted by Crippen LogP contribution is -2.07. The highest BCUT2D eigenvalue weighted by molar-refractivity contribution is 5.90. The van der Waals surface area contributed by atoms with Gasteiger partial charge < -0.3 is 9.47 Å². The summed E-state index contributed by atoms with van der Waals surface area (Å²) >= 11 is 0. The second kappa shape index (κ2) is 6.80. The lowest BCUT2D eigenvalue weighted by molar-refractivity contribution is 0.0472. The van der Waals surface area contributed by atoms with Gasteiger partial charge in [0.05, 0.1) is 18.2 Å². The van der Waals surface area contributed by atoms with Crippen LogP contribution in [0.5, 0.6) is 0 Å². The molecule has 2 aromatic carbocycles. The maximum absolute atomic E-state index is 13.0. The first-order valence-corrected chi connectivity index (χ1v) is 6.30. The van der Waals surface area contributed by atoms with Crippen LogP contribution in [-0.2, 0) is 16.1 Å². The van der Waals surface area contributed by atoms with Crippen LogP contribution in [-0.4, -0.2) is 19.0 Å². The molecule has 0 saturated heterocycles. The number of ether oxygens (including phenoxy) is 2. The molecule has 6 heteroatoms. The van der Waals surface area contributed by atoms with E-state index in [-0.39, 0.29) is 12.2 Å². The topological polar surface area (TPSA) is 52.6 Å². The largest absolute Gasteiger partial charge is 0.465 e. The third-order valence-corrected chi connectivity index (χ3v) is 2.87. The fraction of sp³-hybridized carbons (Fsp3) is 0.125. The predicted octanol–water partition coefficient (Wildman–Crippen LogP) is 3.11. The van der Waals surface area contributed by atoms with E-state index in [1.807, 2.05) is 0 Å². The third-order valence-electron chi connectivity index (χ3n) is 2.87. The van der Waals surface area contributed by atoms with Crippen LogP contribution in [0.2, 0.25) is 0 Å². The number of halogens is 2. The molecule has 0 fully saturated rings. The van der Waals surface area contributed by atoms with Crippen molar-refractivity contribution < 1.29 is 27.8 Å². The smallest absolute Gasteiger partial charge is 0.338 e. The summed E-state index contributed by atoms with van der Waals surface area (Å²) in [4.78, 5) is 23.1. The molecule has 0 aliphatic rings. The molecule has 0 radical (unpaired) electrons. The van der Waals surface area contributed by atoms with Gasteiger partial charge in [-0.2, -0.15) is 0 Å². The molecule has 4 nitrogen and oxygen atoms in total. The van der Waals surface area contributed by atoms with E-state index in [1.165, 1.54) is 13.2 Å². The normalized spacial score (nSPS) is 10.1. The van der Waals surface area contributed by atoms with Crippen molar-refractivity contribution in [2.24, 2.45) is 0 Å². The van der Waals surface area contributed by atoms with Gasteiger partial charge in [-0.05, 0) is 35.9 Å². The van der Waals surface area contributed by atoms with E-state index in [9.17, 15) is 18.4 Å². The first-order chi connectivity index (χ1) is 10.5. The molecule has 0 atom stereocenters. The van der Waals surface area contributed by atoms with E-state index in [2.05, 4.69) is 4.74 Å². The Balaban J connectivity index is 2.04. The second-order valence-corrected chi connectivity index (χ2v) is 4.40. The van der Waals surface area contributed by atoms with Crippen LogP contribution in [0.25, 0.3) is 0 Å². The Morgan fingerprint density at radius 1 is 0.955 bits per heavy atom. The number of esters is 2. The van der Waals surface area contributed by atoms with Crippen molar-refractivity contribution >= 4 is 11.9 Å². The van der Waals surface area contributed by atoms with Gasteiger partial charge in [0.1, 0.15) is 6.61 Å². The van der Waals surface area contributed by atoms with Gasteiger partial charge in [0.15, 0.2) is 11.6 Å². The van der Waals surface area contributed by atoms with E-state index in [1.54, 1.807) is 18.2 Å². The van der Waals surface area contributed by atoms with Crippen LogP contribution < -0.4 is 0 Å². The van der Waals surface area contributed by atoms with Gasteiger partial charge in [0.2, 0.25) is 0 Å². The fourth-order valence-corrected chi connectivity index (χ4v) is 1.76. The fourth-order valence-electron chi connectivity index (χ4n) is 1.76. The summed E-state index contributed by atoms with van der Waals surface area (Å²) in [6, 6.07) is 9.10. The van der Waals surface area contributed by atoms with Gasteiger partial charge in [-0.15, -0.1) is 0 Å². The maximum Gasteiger partial charge on any atom is 0.338 e. The van der Waals surface area contributed by atoms with Crippen molar-refractivity contribution in [2.45, 2.75) is 6.61 Å². The minimum atomic E-state index is -1.12. The monoisotopic (exact) mass is 306 g/mol. The van der Waals surface area contributed by atoms with Gasteiger partial charge in [-0.1, -0.05) is 12.1 Å². The first-order valence-electron chi connectivity index (χ1n) is 6.30. The number of carbonyl (C=O) groups is 2.